The Labute approximate surface area is 115 Å². The molecule has 0 aliphatic carbocycles. The van der Waals surface area contributed by atoms with Crippen molar-refractivity contribution in [3.8, 4) is 0 Å². The monoisotopic (exact) mass is 286 g/mol. The van der Waals surface area contributed by atoms with Gasteiger partial charge in [0.05, 0.1) is 12.4 Å². The molecule has 0 amide bonds. The van der Waals surface area contributed by atoms with Gasteiger partial charge in [0.25, 0.3) is 0 Å². The van der Waals surface area contributed by atoms with E-state index in [1.54, 1.807) is 20.2 Å². The summed E-state index contributed by atoms with van der Waals surface area (Å²) in [6.07, 6.45) is 0. The van der Waals surface area contributed by atoms with Crippen LogP contribution in [0.25, 0.3) is 0 Å². The molecule has 0 aromatic heterocycles. The number of likely N-dealkylation sites (N-methyl/N-ethyl adjacent to an activating group) is 1. The molecule has 0 saturated heterocycles. The lowest BCUT2D eigenvalue weighted by Gasteiger charge is -2.23. The van der Waals surface area contributed by atoms with Crippen molar-refractivity contribution < 1.29 is 13.2 Å². The lowest BCUT2D eigenvalue weighted by Crippen LogP contribution is -2.38. The van der Waals surface area contributed by atoms with Crippen LogP contribution in [-0.4, -0.2) is 39.5 Å². The van der Waals surface area contributed by atoms with Crippen molar-refractivity contribution in [2.75, 3.05) is 20.8 Å². The van der Waals surface area contributed by atoms with Gasteiger partial charge in [-0.15, -0.1) is 0 Å². The topological polar surface area (TPSA) is 72.6 Å². The first-order chi connectivity index (χ1) is 8.90. The smallest absolute Gasteiger partial charge is 0.218 e. The highest BCUT2D eigenvalue weighted by molar-refractivity contribution is 7.88. The maximum absolute atomic E-state index is 12.3. The standard InChI is InChI=1S/C13H22N2O3S/c1-11(9-18-3)15(2)19(16,17)10-13-6-4-5-12(7-13)8-14/h4-7,11H,8-10,14H2,1-3H3. The molecule has 108 valence electrons. The zero-order valence-corrected chi connectivity index (χ0v) is 12.5. The average Bonchev–Trinajstić information content (AvgIpc) is 2.37. The van der Waals surface area contributed by atoms with E-state index in [1.807, 2.05) is 25.1 Å². The van der Waals surface area contributed by atoms with Crippen LogP contribution >= 0.6 is 0 Å². The fourth-order valence-corrected chi connectivity index (χ4v) is 3.19. The molecule has 1 atom stereocenters. The molecule has 1 aromatic carbocycles. The van der Waals surface area contributed by atoms with Gasteiger partial charge in [0.1, 0.15) is 0 Å². The third kappa shape index (κ3) is 4.58. The highest BCUT2D eigenvalue weighted by atomic mass is 32.2. The fourth-order valence-electron chi connectivity index (χ4n) is 1.78. The van der Waals surface area contributed by atoms with E-state index in [0.717, 1.165) is 11.1 Å². The molecule has 0 aliphatic rings. The number of sulfonamides is 1. The van der Waals surface area contributed by atoms with Crippen LogP contribution in [0, 0.1) is 0 Å². The van der Waals surface area contributed by atoms with Crippen molar-refractivity contribution in [2.45, 2.75) is 25.3 Å². The van der Waals surface area contributed by atoms with Gasteiger partial charge in [0.2, 0.25) is 10.0 Å². The predicted molar refractivity (Wildman–Crippen MR) is 76.1 cm³/mol. The summed E-state index contributed by atoms with van der Waals surface area (Å²) >= 11 is 0. The lowest BCUT2D eigenvalue weighted by molar-refractivity contribution is 0.149. The van der Waals surface area contributed by atoms with Crippen LogP contribution < -0.4 is 5.73 Å². The van der Waals surface area contributed by atoms with Crippen LogP contribution in [-0.2, 0) is 27.1 Å². The third-order valence-electron chi connectivity index (χ3n) is 3.04. The number of nitrogens with two attached hydrogens (primary N) is 1. The Balaban J connectivity index is 2.83. The van der Waals surface area contributed by atoms with Crippen molar-refractivity contribution in [1.29, 1.82) is 0 Å². The minimum absolute atomic E-state index is 0.0224. The molecule has 0 fully saturated rings. The molecule has 5 nitrogen and oxygen atoms in total. The summed E-state index contributed by atoms with van der Waals surface area (Å²) in [7, 11) is -0.215. The highest BCUT2D eigenvalue weighted by Gasteiger charge is 2.23. The van der Waals surface area contributed by atoms with E-state index in [2.05, 4.69) is 0 Å². The molecule has 1 rings (SSSR count). The SMILES string of the molecule is COCC(C)N(C)S(=O)(=O)Cc1cccc(CN)c1. The first-order valence-corrected chi connectivity index (χ1v) is 7.74. The predicted octanol–water partition coefficient (Wildman–Crippen LogP) is 0.942. The molecule has 1 aromatic rings. The number of nitrogens with zero attached hydrogens (tertiary/aromatic N) is 1. The normalized spacial score (nSPS) is 13.7. The van der Waals surface area contributed by atoms with Gasteiger partial charge in [-0.2, -0.15) is 4.31 Å². The summed E-state index contributed by atoms with van der Waals surface area (Å²) in [5.74, 6) is -0.0224. The first-order valence-electron chi connectivity index (χ1n) is 6.13. The zero-order chi connectivity index (χ0) is 14.5. The van der Waals surface area contributed by atoms with Crippen molar-refractivity contribution in [2.24, 2.45) is 5.73 Å². The van der Waals surface area contributed by atoms with Crippen molar-refractivity contribution in [1.82, 2.24) is 4.31 Å². The average molecular weight is 286 g/mol. The molecule has 0 heterocycles. The van der Waals surface area contributed by atoms with E-state index >= 15 is 0 Å². The van der Waals surface area contributed by atoms with E-state index in [-0.39, 0.29) is 11.8 Å². The van der Waals surface area contributed by atoms with E-state index in [4.69, 9.17) is 10.5 Å². The Hall–Kier alpha value is -0.950. The van der Waals surface area contributed by atoms with E-state index in [0.29, 0.717) is 13.2 Å². The Morgan fingerprint density at radius 1 is 1.37 bits per heavy atom. The van der Waals surface area contributed by atoms with Crippen molar-refractivity contribution in [3.05, 3.63) is 35.4 Å². The van der Waals surface area contributed by atoms with Gasteiger partial charge in [-0.3, -0.25) is 0 Å². The summed E-state index contributed by atoms with van der Waals surface area (Å²) < 4.78 is 30.8. The molecule has 0 saturated carbocycles. The molecule has 0 bridgehead atoms. The first kappa shape index (κ1) is 16.1. The second-order valence-corrected chi connectivity index (χ2v) is 6.63. The third-order valence-corrected chi connectivity index (χ3v) is 4.98. The molecule has 19 heavy (non-hydrogen) atoms. The number of rotatable bonds is 7. The lowest BCUT2D eigenvalue weighted by atomic mass is 10.1. The van der Waals surface area contributed by atoms with Crippen LogP contribution in [0.2, 0.25) is 0 Å². The Morgan fingerprint density at radius 2 is 2.00 bits per heavy atom. The van der Waals surface area contributed by atoms with Crippen LogP contribution in [0.4, 0.5) is 0 Å². The number of benzene rings is 1. The molecular formula is C13H22N2O3S. The zero-order valence-electron chi connectivity index (χ0n) is 11.7. The quantitative estimate of drug-likeness (QED) is 0.809. The largest absolute Gasteiger partial charge is 0.383 e. The Kier molecular flexibility index (Phi) is 5.93. The molecular weight excluding hydrogens is 264 g/mol. The Bertz CT molecular complexity index is 502. The van der Waals surface area contributed by atoms with Crippen LogP contribution in [0.3, 0.4) is 0 Å². The molecule has 0 spiro atoms. The molecule has 1 unspecified atom stereocenters. The molecule has 0 aliphatic heterocycles. The molecule has 2 N–H and O–H groups in total. The highest BCUT2D eigenvalue weighted by Crippen LogP contribution is 2.13. The number of methoxy groups -OCH3 is 1. The van der Waals surface area contributed by atoms with Gasteiger partial charge in [-0.25, -0.2) is 8.42 Å². The van der Waals surface area contributed by atoms with Crippen molar-refractivity contribution in [3.63, 3.8) is 0 Å². The van der Waals surface area contributed by atoms with Gasteiger partial charge in [-0.1, -0.05) is 24.3 Å². The van der Waals surface area contributed by atoms with Crippen LogP contribution in [0.1, 0.15) is 18.1 Å². The fraction of sp³-hybridized carbons (Fsp3) is 0.538. The summed E-state index contributed by atoms with van der Waals surface area (Å²) in [5, 5.41) is 0. The van der Waals surface area contributed by atoms with Gasteiger partial charge >= 0.3 is 0 Å². The Morgan fingerprint density at radius 3 is 2.58 bits per heavy atom. The minimum Gasteiger partial charge on any atom is -0.383 e. The van der Waals surface area contributed by atoms with Gasteiger partial charge in [0.15, 0.2) is 0 Å². The molecule has 0 radical (unpaired) electrons. The van der Waals surface area contributed by atoms with Crippen molar-refractivity contribution >= 4 is 10.0 Å². The van der Waals surface area contributed by atoms with E-state index < -0.39 is 10.0 Å². The summed E-state index contributed by atoms with van der Waals surface area (Å²) in [6, 6.07) is 7.14. The summed E-state index contributed by atoms with van der Waals surface area (Å²) in [4.78, 5) is 0. The second-order valence-electron chi connectivity index (χ2n) is 4.60. The van der Waals surface area contributed by atoms with Gasteiger partial charge in [0, 0.05) is 26.7 Å². The molecule has 6 heteroatoms. The maximum Gasteiger partial charge on any atom is 0.218 e. The van der Waals surface area contributed by atoms with Gasteiger partial charge in [-0.05, 0) is 18.1 Å². The van der Waals surface area contributed by atoms with Crippen LogP contribution in [0.5, 0.6) is 0 Å². The van der Waals surface area contributed by atoms with Crippen LogP contribution in [0.15, 0.2) is 24.3 Å². The number of hydrogen-bond donors (Lipinski definition) is 1. The summed E-state index contributed by atoms with van der Waals surface area (Å²) in [6.45, 7) is 2.60. The number of hydrogen-bond acceptors (Lipinski definition) is 4. The second kappa shape index (κ2) is 7.00. The summed E-state index contributed by atoms with van der Waals surface area (Å²) in [5.41, 5.74) is 7.23. The maximum atomic E-state index is 12.3. The van der Waals surface area contributed by atoms with E-state index in [1.165, 1.54) is 4.31 Å². The van der Waals surface area contributed by atoms with E-state index in [9.17, 15) is 8.42 Å². The number of ether oxygens (including phenoxy) is 1. The van der Waals surface area contributed by atoms with Gasteiger partial charge < -0.3 is 10.5 Å². The minimum atomic E-state index is -3.35.